The van der Waals surface area contributed by atoms with Gasteiger partial charge in [-0.05, 0) is 70.5 Å². The molecular weight excluding hydrogens is 426 g/mol. The van der Waals surface area contributed by atoms with Gasteiger partial charge in [0.25, 0.3) is 5.56 Å². The van der Waals surface area contributed by atoms with E-state index in [0.717, 1.165) is 41.2 Å². The molecule has 1 atom stereocenters. The Hall–Kier alpha value is -2.71. The Bertz CT molecular complexity index is 1240. The van der Waals surface area contributed by atoms with Gasteiger partial charge in [-0.2, -0.15) is 0 Å². The number of carbonyl (C=O) groups is 1. The van der Waals surface area contributed by atoms with Gasteiger partial charge >= 0.3 is 0 Å². The van der Waals surface area contributed by atoms with Crippen LogP contribution in [0.3, 0.4) is 0 Å². The fourth-order valence-electron chi connectivity index (χ4n) is 4.62. The number of aryl methyl sites for hydroxylation is 2. The number of hydrogen-bond acceptors (Lipinski definition) is 7. The highest BCUT2D eigenvalue weighted by Crippen LogP contribution is 2.34. The number of nitrogens with zero attached hydrogens (tertiary/aromatic N) is 2. The van der Waals surface area contributed by atoms with Crippen LogP contribution in [-0.4, -0.2) is 47.0 Å². The number of aromatic nitrogens is 2. The molecule has 32 heavy (non-hydrogen) atoms. The first kappa shape index (κ1) is 21.2. The fourth-order valence-corrected chi connectivity index (χ4v) is 5.66. The molecule has 5 rings (SSSR count). The van der Waals surface area contributed by atoms with Crippen molar-refractivity contribution < 1.29 is 14.3 Å². The average Bonchev–Trinajstić information content (AvgIpc) is 3.11. The zero-order valence-corrected chi connectivity index (χ0v) is 19.4. The van der Waals surface area contributed by atoms with E-state index < -0.39 is 0 Å². The number of carbonyl (C=O) groups excluding carboxylic acids is 1. The van der Waals surface area contributed by atoms with Gasteiger partial charge in [-0.3, -0.25) is 14.5 Å². The van der Waals surface area contributed by atoms with E-state index >= 15 is 0 Å². The maximum absolute atomic E-state index is 13.1. The van der Waals surface area contributed by atoms with E-state index in [9.17, 15) is 9.59 Å². The highest BCUT2D eigenvalue weighted by molar-refractivity contribution is 7.18. The lowest BCUT2D eigenvalue weighted by atomic mass is 9.88. The summed E-state index contributed by atoms with van der Waals surface area (Å²) in [6.45, 7) is 8.67. The second-order valence-corrected chi connectivity index (χ2v) is 9.83. The van der Waals surface area contributed by atoms with Crippen LogP contribution in [0.1, 0.15) is 52.4 Å². The second-order valence-electron chi connectivity index (χ2n) is 8.62. The normalized spacial score (nSPS) is 18.1. The van der Waals surface area contributed by atoms with Crippen molar-refractivity contribution in [2.45, 2.75) is 39.7 Å². The summed E-state index contributed by atoms with van der Waals surface area (Å²) in [5.41, 5.74) is 1.62. The van der Waals surface area contributed by atoms with Crippen molar-refractivity contribution >= 4 is 27.3 Å². The summed E-state index contributed by atoms with van der Waals surface area (Å²) in [6.07, 6.45) is 1.56. The van der Waals surface area contributed by atoms with Crippen molar-refractivity contribution in [3.05, 3.63) is 50.4 Å². The molecule has 3 aromatic rings. The average molecular weight is 454 g/mol. The minimum atomic E-state index is -0.0672. The van der Waals surface area contributed by atoms with Crippen LogP contribution in [0.25, 0.3) is 10.2 Å². The molecule has 7 nitrogen and oxygen atoms in total. The zero-order valence-electron chi connectivity index (χ0n) is 18.6. The highest BCUT2D eigenvalue weighted by atomic mass is 32.1. The Balaban J connectivity index is 1.28. The third-order valence-electron chi connectivity index (χ3n) is 6.73. The van der Waals surface area contributed by atoms with E-state index in [1.807, 2.05) is 26.0 Å². The van der Waals surface area contributed by atoms with E-state index in [2.05, 4.69) is 16.8 Å². The number of ketones is 1. The number of H-pyrrole nitrogens is 1. The summed E-state index contributed by atoms with van der Waals surface area (Å²) < 4.78 is 11.2. The topological polar surface area (TPSA) is 84.5 Å². The maximum Gasteiger partial charge on any atom is 0.259 e. The van der Waals surface area contributed by atoms with E-state index in [1.165, 1.54) is 0 Å². The maximum atomic E-state index is 13.1. The molecule has 1 fully saturated rings. The van der Waals surface area contributed by atoms with E-state index in [-0.39, 0.29) is 23.3 Å². The predicted octanol–water partition coefficient (Wildman–Crippen LogP) is 4.03. The number of hydrogen-bond donors (Lipinski definition) is 1. The largest absolute Gasteiger partial charge is 0.486 e. The molecule has 2 aliphatic rings. The minimum absolute atomic E-state index is 0.0137. The number of thiophene rings is 1. The Morgan fingerprint density at radius 3 is 2.66 bits per heavy atom. The Morgan fingerprint density at radius 2 is 1.91 bits per heavy atom. The molecule has 0 spiro atoms. The Labute approximate surface area is 190 Å². The number of nitrogens with one attached hydrogen (secondary N) is 1. The lowest BCUT2D eigenvalue weighted by molar-refractivity contribution is 0.0795. The van der Waals surface area contributed by atoms with E-state index in [0.29, 0.717) is 41.5 Å². The molecule has 0 radical (unpaired) electrons. The van der Waals surface area contributed by atoms with Crippen molar-refractivity contribution in [2.24, 2.45) is 5.92 Å². The third kappa shape index (κ3) is 3.71. The predicted molar refractivity (Wildman–Crippen MR) is 124 cm³/mol. The van der Waals surface area contributed by atoms with Crippen LogP contribution in [0.4, 0.5) is 0 Å². The van der Waals surface area contributed by atoms with Gasteiger partial charge in [-0.1, -0.05) is 0 Å². The molecule has 0 bridgehead atoms. The van der Waals surface area contributed by atoms with Gasteiger partial charge in [0, 0.05) is 16.4 Å². The number of Topliss-reactive ketones (excluding diaryl/α,β-unsaturated/α-hetero) is 1. The highest BCUT2D eigenvalue weighted by Gasteiger charge is 2.30. The minimum Gasteiger partial charge on any atom is -0.486 e. The molecule has 2 aliphatic heterocycles. The molecule has 8 heteroatoms. The summed E-state index contributed by atoms with van der Waals surface area (Å²) in [5.74, 6) is 2.19. The molecule has 168 valence electrons. The number of aromatic amines is 1. The molecule has 4 heterocycles. The first-order valence-electron chi connectivity index (χ1n) is 11.1. The number of benzene rings is 1. The molecule has 0 aliphatic carbocycles. The first-order valence-corrected chi connectivity index (χ1v) is 11.9. The Morgan fingerprint density at radius 1 is 1.19 bits per heavy atom. The van der Waals surface area contributed by atoms with Crippen LogP contribution in [0.5, 0.6) is 11.5 Å². The van der Waals surface area contributed by atoms with Gasteiger partial charge in [0.1, 0.15) is 23.9 Å². The molecular formula is C24H27N3O4S. The number of likely N-dealkylation sites (tertiary alicyclic amines) is 1. The number of ether oxygens (including phenoxy) is 2. The SMILES string of the molecule is Cc1sc2nc([C@H](C)N3CCC(C(=O)c4ccc5c(c4)OCCO5)CC3)[nH]c(=O)c2c1C. The smallest absolute Gasteiger partial charge is 0.259 e. The lowest BCUT2D eigenvalue weighted by Gasteiger charge is -2.35. The first-order chi connectivity index (χ1) is 15.4. The van der Waals surface area contributed by atoms with Crippen LogP contribution in [-0.2, 0) is 0 Å². The van der Waals surface area contributed by atoms with Gasteiger partial charge in [0.05, 0.1) is 11.4 Å². The monoisotopic (exact) mass is 453 g/mol. The molecule has 1 aromatic carbocycles. The molecule has 2 aromatic heterocycles. The van der Waals surface area contributed by atoms with Crippen LogP contribution >= 0.6 is 11.3 Å². The second kappa shape index (κ2) is 8.33. The molecule has 1 saturated heterocycles. The quantitative estimate of drug-likeness (QED) is 0.601. The summed E-state index contributed by atoms with van der Waals surface area (Å²) in [7, 11) is 0. The van der Waals surface area contributed by atoms with Gasteiger partial charge in [-0.15, -0.1) is 11.3 Å². The molecule has 0 saturated carbocycles. The van der Waals surface area contributed by atoms with Gasteiger partial charge in [0.15, 0.2) is 17.3 Å². The van der Waals surface area contributed by atoms with Crippen LogP contribution in [0.2, 0.25) is 0 Å². The van der Waals surface area contributed by atoms with Crippen molar-refractivity contribution in [1.29, 1.82) is 0 Å². The van der Waals surface area contributed by atoms with Crippen molar-refractivity contribution in [3.8, 4) is 11.5 Å². The van der Waals surface area contributed by atoms with Crippen molar-refractivity contribution in [3.63, 3.8) is 0 Å². The van der Waals surface area contributed by atoms with Gasteiger partial charge < -0.3 is 14.5 Å². The van der Waals surface area contributed by atoms with Crippen molar-refractivity contribution in [1.82, 2.24) is 14.9 Å². The van der Waals surface area contributed by atoms with E-state index in [4.69, 9.17) is 14.5 Å². The van der Waals surface area contributed by atoms with Crippen molar-refractivity contribution in [2.75, 3.05) is 26.3 Å². The summed E-state index contributed by atoms with van der Waals surface area (Å²) >= 11 is 1.57. The third-order valence-corrected chi connectivity index (χ3v) is 7.83. The lowest BCUT2D eigenvalue weighted by Crippen LogP contribution is -2.39. The molecule has 0 unspecified atom stereocenters. The van der Waals surface area contributed by atoms with Gasteiger partial charge in [0.2, 0.25) is 0 Å². The number of rotatable bonds is 4. The summed E-state index contributed by atoms with van der Waals surface area (Å²) in [5, 5.41) is 0.701. The number of fused-ring (bicyclic) bond motifs is 2. The van der Waals surface area contributed by atoms with Crippen LogP contribution in [0, 0.1) is 19.8 Å². The fraction of sp³-hybridized carbons (Fsp3) is 0.458. The standard InChI is InChI=1S/C24H27N3O4S/c1-13-15(3)32-24-20(13)23(29)25-22(26-24)14(2)27-8-6-16(7-9-27)21(28)17-4-5-18-19(12-17)31-11-10-30-18/h4-5,12,14,16H,6-11H2,1-3H3,(H,25,26,29)/t14-/m0/s1. The van der Waals surface area contributed by atoms with Crippen LogP contribution in [0.15, 0.2) is 23.0 Å². The molecule has 1 N–H and O–H groups in total. The summed E-state index contributed by atoms with van der Waals surface area (Å²) in [6, 6.07) is 5.45. The molecule has 0 amide bonds. The van der Waals surface area contributed by atoms with Crippen LogP contribution < -0.4 is 15.0 Å². The van der Waals surface area contributed by atoms with Gasteiger partial charge in [-0.25, -0.2) is 4.98 Å². The van der Waals surface area contributed by atoms with E-state index in [1.54, 1.807) is 17.4 Å². The summed E-state index contributed by atoms with van der Waals surface area (Å²) in [4.78, 5) is 37.7. The number of piperidine rings is 1. The Kier molecular flexibility index (Phi) is 5.51. The zero-order chi connectivity index (χ0) is 22.4.